The number of hydrogen-bond acceptors (Lipinski definition) is 11. The Morgan fingerprint density at radius 2 is 1.08 bits per heavy atom. The highest BCUT2D eigenvalue weighted by molar-refractivity contribution is 7.47. The summed E-state index contributed by atoms with van der Waals surface area (Å²) in [5, 5.41) is 74.0. The fraction of sp³-hybridized carbons (Fsp3) is 0.923. The third-order valence-corrected chi connectivity index (χ3v) is 11.1. The van der Waals surface area contributed by atoms with Crippen LogP contribution in [0.15, 0.2) is 12.2 Å². The van der Waals surface area contributed by atoms with E-state index in [1.807, 2.05) is 0 Å². The van der Waals surface area contributed by atoms with Gasteiger partial charge in [0.25, 0.3) is 0 Å². The van der Waals surface area contributed by atoms with Gasteiger partial charge in [-0.2, -0.15) is 0 Å². The maximum absolute atomic E-state index is 12.9. The first kappa shape index (κ1) is 50.1. The van der Waals surface area contributed by atoms with Gasteiger partial charge in [-0.3, -0.25) is 13.8 Å². The topological polar surface area (TPSA) is 226 Å². The fourth-order valence-corrected chi connectivity index (χ4v) is 7.62. The van der Waals surface area contributed by atoms with Crippen LogP contribution >= 0.6 is 7.82 Å². The van der Waals surface area contributed by atoms with Gasteiger partial charge in [0, 0.05) is 0 Å². The molecule has 0 saturated heterocycles. The summed E-state index contributed by atoms with van der Waals surface area (Å²) in [4.78, 5) is 23.3. The van der Waals surface area contributed by atoms with E-state index in [1.54, 1.807) is 6.08 Å². The highest BCUT2D eigenvalue weighted by Gasteiger charge is 2.51. The standard InChI is InChI=1S/C39H76NO12P/c1-3-5-7-9-11-13-14-15-16-17-18-19-21-23-25-27-32(42)31(40-33(43)28-30(41)26-24-22-20-12-10-8-6-4-2)29-51-53(49,50)52-39-37(47)35(45)34(44)36(46)38(39)48/h25,27,30-32,34-39,41-42,44-48H,3-24,26,28-29H2,1-2H3,(H,40,43)(H,49,50)/b27-25+. The average molecular weight is 782 g/mol. The third-order valence-electron chi connectivity index (χ3n) is 10.1. The van der Waals surface area contributed by atoms with Crippen LogP contribution < -0.4 is 5.32 Å². The lowest BCUT2D eigenvalue weighted by atomic mass is 9.85. The van der Waals surface area contributed by atoms with Crippen molar-refractivity contribution < 1.29 is 59.0 Å². The van der Waals surface area contributed by atoms with Crippen LogP contribution in [-0.4, -0.2) is 108 Å². The molecule has 8 atom stereocenters. The highest BCUT2D eigenvalue weighted by atomic mass is 31.2. The maximum Gasteiger partial charge on any atom is 0.472 e. The van der Waals surface area contributed by atoms with E-state index in [-0.39, 0.29) is 6.42 Å². The van der Waals surface area contributed by atoms with Crippen LogP contribution in [-0.2, 0) is 18.4 Å². The lowest BCUT2D eigenvalue weighted by molar-refractivity contribution is -0.220. The van der Waals surface area contributed by atoms with Gasteiger partial charge >= 0.3 is 7.82 Å². The largest absolute Gasteiger partial charge is 0.472 e. The summed E-state index contributed by atoms with van der Waals surface area (Å²) >= 11 is 0. The monoisotopic (exact) mass is 782 g/mol. The van der Waals surface area contributed by atoms with Gasteiger partial charge in [-0.15, -0.1) is 0 Å². The molecular formula is C39H76NO12P. The van der Waals surface area contributed by atoms with E-state index < -0.39 is 75.2 Å². The molecule has 14 heteroatoms. The Hall–Kier alpha value is -0.960. The number of nitrogens with one attached hydrogen (secondary N) is 1. The molecule has 1 aliphatic carbocycles. The SMILES string of the molecule is CCCCCCCCCCCCCCC/C=C/C(O)C(COP(=O)(O)OC1C(O)C(O)C(O)C(O)C1O)NC(=O)CC(O)CCCCCCCCCC. The minimum atomic E-state index is -5.13. The van der Waals surface area contributed by atoms with E-state index in [4.69, 9.17) is 9.05 Å². The average Bonchev–Trinajstić information content (AvgIpc) is 3.12. The molecule has 53 heavy (non-hydrogen) atoms. The Morgan fingerprint density at radius 3 is 1.55 bits per heavy atom. The number of hydrogen-bond donors (Lipinski definition) is 9. The van der Waals surface area contributed by atoms with Crippen molar-refractivity contribution in [2.75, 3.05) is 6.61 Å². The van der Waals surface area contributed by atoms with Crippen LogP contribution in [0, 0.1) is 0 Å². The summed E-state index contributed by atoms with van der Waals surface area (Å²) in [7, 11) is -5.13. The van der Waals surface area contributed by atoms with Crippen molar-refractivity contribution in [2.24, 2.45) is 0 Å². The second kappa shape index (κ2) is 30.2. The van der Waals surface area contributed by atoms with E-state index in [0.29, 0.717) is 12.8 Å². The molecule has 1 rings (SSSR count). The molecule has 0 aromatic carbocycles. The molecule has 0 aromatic rings. The fourth-order valence-electron chi connectivity index (χ4n) is 6.65. The Morgan fingerprint density at radius 1 is 0.660 bits per heavy atom. The number of amides is 1. The molecule has 13 nitrogen and oxygen atoms in total. The predicted molar refractivity (Wildman–Crippen MR) is 206 cm³/mol. The molecule has 0 aromatic heterocycles. The first-order valence-corrected chi connectivity index (χ1v) is 22.2. The quantitative estimate of drug-likeness (QED) is 0.0230. The number of carbonyl (C=O) groups is 1. The van der Waals surface area contributed by atoms with Crippen molar-refractivity contribution in [2.45, 2.75) is 223 Å². The van der Waals surface area contributed by atoms with Crippen molar-refractivity contribution in [3.05, 3.63) is 12.2 Å². The Bertz CT molecular complexity index is 974. The van der Waals surface area contributed by atoms with Crippen molar-refractivity contribution >= 4 is 13.7 Å². The number of phosphoric ester groups is 1. The second-order valence-electron chi connectivity index (χ2n) is 15.0. The molecule has 314 valence electrons. The van der Waals surface area contributed by atoms with Gasteiger partial charge in [-0.1, -0.05) is 154 Å². The van der Waals surface area contributed by atoms with Gasteiger partial charge in [0.1, 0.15) is 36.6 Å². The van der Waals surface area contributed by atoms with Crippen LogP contribution in [0.4, 0.5) is 0 Å². The van der Waals surface area contributed by atoms with Crippen LogP contribution in [0.3, 0.4) is 0 Å². The molecule has 0 spiro atoms. The predicted octanol–water partition coefficient (Wildman–Crippen LogP) is 5.47. The zero-order chi connectivity index (χ0) is 39.5. The summed E-state index contributed by atoms with van der Waals surface area (Å²) < 4.78 is 22.7. The summed E-state index contributed by atoms with van der Waals surface area (Å²) in [6.45, 7) is 3.68. The Kier molecular flexibility index (Phi) is 28.5. The van der Waals surface area contributed by atoms with Crippen molar-refractivity contribution in [3.63, 3.8) is 0 Å². The van der Waals surface area contributed by atoms with Crippen molar-refractivity contribution in [3.8, 4) is 0 Å². The molecule has 0 bridgehead atoms. The molecule has 0 heterocycles. The van der Waals surface area contributed by atoms with E-state index in [2.05, 4.69) is 19.2 Å². The Balaban J connectivity index is 2.63. The molecule has 0 radical (unpaired) electrons. The van der Waals surface area contributed by atoms with Crippen LogP contribution in [0.5, 0.6) is 0 Å². The van der Waals surface area contributed by atoms with Crippen LogP contribution in [0.25, 0.3) is 0 Å². The number of aliphatic hydroxyl groups excluding tert-OH is 7. The number of unbranched alkanes of at least 4 members (excludes halogenated alkanes) is 20. The van der Waals surface area contributed by atoms with Gasteiger partial charge in [0.15, 0.2) is 0 Å². The zero-order valence-electron chi connectivity index (χ0n) is 32.7. The van der Waals surface area contributed by atoms with Crippen LogP contribution in [0.2, 0.25) is 0 Å². The van der Waals surface area contributed by atoms with E-state index in [9.17, 15) is 50.0 Å². The molecule has 1 fully saturated rings. The van der Waals surface area contributed by atoms with Gasteiger partial charge < -0.3 is 46.0 Å². The summed E-state index contributed by atoms with van der Waals surface area (Å²) in [6.07, 6.45) is 14.7. The summed E-state index contributed by atoms with van der Waals surface area (Å²) in [5.41, 5.74) is 0. The van der Waals surface area contributed by atoms with Gasteiger partial charge in [-0.25, -0.2) is 4.57 Å². The minimum absolute atomic E-state index is 0.242. The van der Waals surface area contributed by atoms with E-state index in [1.165, 1.54) is 96.0 Å². The first-order chi connectivity index (χ1) is 25.3. The molecule has 1 saturated carbocycles. The smallest absolute Gasteiger partial charge is 0.393 e. The highest BCUT2D eigenvalue weighted by Crippen LogP contribution is 2.47. The van der Waals surface area contributed by atoms with Crippen molar-refractivity contribution in [1.82, 2.24) is 5.32 Å². The summed E-state index contributed by atoms with van der Waals surface area (Å²) in [5.74, 6) is -0.596. The summed E-state index contributed by atoms with van der Waals surface area (Å²) in [6, 6.07) is -1.23. The molecule has 1 aliphatic rings. The van der Waals surface area contributed by atoms with E-state index >= 15 is 0 Å². The molecule has 8 unspecified atom stereocenters. The zero-order valence-corrected chi connectivity index (χ0v) is 33.6. The molecule has 1 amide bonds. The van der Waals surface area contributed by atoms with Gasteiger partial charge in [0.05, 0.1) is 31.3 Å². The third kappa shape index (κ3) is 23.0. The molecule has 0 aliphatic heterocycles. The number of rotatable bonds is 33. The molecular weight excluding hydrogens is 705 g/mol. The number of allylic oxidation sites excluding steroid dienone is 1. The van der Waals surface area contributed by atoms with E-state index in [0.717, 1.165) is 44.9 Å². The molecule has 9 N–H and O–H groups in total. The maximum atomic E-state index is 12.9. The Labute approximate surface area is 319 Å². The second-order valence-corrected chi connectivity index (χ2v) is 16.4. The normalized spacial score (nSPS) is 24.9. The van der Waals surface area contributed by atoms with Crippen LogP contribution in [0.1, 0.15) is 168 Å². The first-order valence-electron chi connectivity index (χ1n) is 20.7. The number of carbonyl (C=O) groups excluding carboxylic acids is 1. The minimum Gasteiger partial charge on any atom is -0.393 e. The number of phosphoric acid groups is 1. The van der Waals surface area contributed by atoms with Gasteiger partial charge in [0.2, 0.25) is 5.91 Å². The number of aliphatic hydroxyl groups is 7. The lowest BCUT2D eigenvalue weighted by Crippen LogP contribution is -2.64. The lowest BCUT2D eigenvalue weighted by Gasteiger charge is -2.41. The van der Waals surface area contributed by atoms with Crippen molar-refractivity contribution in [1.29, 1.82) is 0 Å². The van der Waals surface area contributed by atoms with Gasteiger partial charge in [-0.05, 0) is 19.3 Å².